The summed E-state index contributed by atoms with van der Waals surface area (Å²) in [5, 5.41) is 8.75. The van der Waals surface area contributed by atoms with Gasteiger partial charge in [0.1, 0.15) is 12.4 Å². The summed E-state index contributed by atoms with van der Waals surface area (Å²) in [7, 11) is 2.20. The van der Waals surface area contributed by atoms with Gasteiger partial charge in [-0.3, -0.25) is 4.90 Å². The summed E-state index contributed by atoms with van der Waals surface area (Å²) in [4.78, 5) is 2.44. The normalized spacial score (nSPS) is 22.5. The molecule has 108 valence electrons. The lowest BCUT2D eigenvalue weighted by Gasteiger charge is -2.36. The van der Waals surface area contributed by atoms with E-state index in [1.807, 2.05) is 12.1 Å². The fraction of sp³-hybridized carbons (Fsp3) is 0.588. The van der Waals surface area contributed by atoms with Gasteiger partial charge in [0, 0.05) is 12.6 Å². The number of ether oxygens (including phenoxy) is 1. The van der Waals surface area contributed by atoms with E-state index in [2.05, 4.69) is 24.9 Å². The first-order valence-corrected chi connectivity index (χ1v) is 7.54. The minimum absolute atomic E-state index is 0.672. The number of hydrogen-bond donors (Lipinski definition) is 0. The zero-order chi connectivity index (χ0) is 14.4. The van der Waals surface area contributed by atoms with E-state index in [-0.39, 0.29) is 0 Å². The largest absolute Gasteiger partial charge is 0.492 e. The summed E-state index contributed by atoms with van der Waals surface area (Å²) in [6, 6.07) is 10.1. The van der Waals surface area contributed by atoms with Crippen LogP contribution in [-0.4, -0.2) is 31.1 Å². The van der Waals surface area contributed by atoms with Crippen molar-refractivity contribution in [3.05, 3.63) is 29.8 Å². The average molecular weight is 272 g/mol. The molecule has 0 N–H and O–H groups in total. The van der Waals surface area contributed by atoms with Crippen LogP contribution in [0, 0.1) is 17.2 Å². The van der Waals surface area contributed by atoms with Gasteiger partial charge in [-0.2, -0.15) is 5.26 Å². The highest BCUT2D eigenvalue weighted by atomic mass is 16.5. The Labute approximate surface area is 122 Å². The van der Waals surface area contributed by atoms with Crippen molar-refractivity contribution in [3.63, 3.8) is 0 Å². The van der Waals surface area contributed by atoms with Crippen LogP contribution < -0.4 is 4.74 Å². The van der Waals surface area contributed by atoms with Gasteiger partial charge >= 0.3 is 0 Å². The number of nitrogens with zero attached hydrogens (tertiary/aromatic N) is 2. The number of hydrogen-bond acceptors (Lipinski definition) is 3. The van der Waals surface area contributed by atoms with Crippen LogP contribution in [0.2, 0.25) is 0 Å². The maximum absolute atomic E-state index is 8.75. The third-order valence-corrected chi connectivity index (χ3v) is 4.33. The molecule has 1 aromatic rings. The predicted molar refractivity (Wildman–Crippen MR) is 80.7 cm³/mol. The second-order valence-corrected chi connectivity index (χ2v) is 5.79. The fourth-order valence-corrected chi connectivity index (χ4v) is 3.05. The van der Waals surface area contributed by atoms with Gasteiger partial charge in [0.05, 0.1) is 11.6 Å². The minimum atomic E-state index is 0.672. The van der Waals surface area contributed by atoms with Crippen LogP contribution in [0.15, 0.2) is 24.3 Å². The number of nitriles is 1. The van der Waals surface area contributed by atoms with Crippen molar-refractivity contribution in [1.82, 2.24) is 4.90 Å². The number of likely N-dealkylation sites (N-methyl/N-ethyl adjacent to an activating group) is 1. The zero-order valence-electron chi connectivity index (χ0n) is 12.5. The van der Waals surface area contributed by atoms with Crippen molar-refractivity contribution in [3.8, 4) is 11.8 Å². The molecule has 20 heavy (non-hydrogen) atoms. The Balaban J connectivity index is 1.75. The summed E-state index contributed by atoms with van der Waals surface area (Å²) in [6.07, 6.45) is 5.41. The Kier molecular flexibility index (Phi) is 5.43. The number of benzene rings is 1. The average Bonchev–Trinajstić information content (AvgIpc) is 2.48. The molecule has 1 saturated carbocycles. The SMILES string of the molecule is CC1CCCCC1N(C)CCOc1ccc(C#N)cc1. The maximum Gasteiger partial charge on any atom is 0.119 e. The molecule has 3 nitrogen and oxygen atoms in total. The number of rotatable bonds is 5. The molecule has 2 atom stereocenters. The van der Waals surface area contributed by atoms with E-state index in [0.29, 0.717) is 18.2 Å². The van der Waals surface area contributed by atoms with Gasteiger partial charge in [0.25, 0.3) is 0 Å². The van der Waals surface area contributed by atoms with E-state index in [9.17, 15) is 0 Å². The first-order chi connectivity index (χ1) is 9.70. The van der Waals surface area contributed by atoms with Gasteiger partial charge in [0.2, 0.25) is 0 Å². The predicted octanol–water partition coefficient (Wildman–Crippen LogP) is 3.45. The first-order valence-electron chi connectivity index (χ1n) is 7.54. The Bertz CT molecular complexity index is 449. The molecule has 0 aromatic heterocycles. The third kappa shape index (κ3) is 3.98. The summed E-state index contributed by atoms with van der Waals surface area (Å²) in [5.41, 5.74) is 0.672. The zero-order valence-corrected chi connectivity index (χ0v) is 12.5. The van der Waals surface area contributed by atoms with E-state index >= 15 is 0 Å². The van der Waals surface area contributed by atoms with Crippen LogP contribution in [0.5, 0.6) is 5.75 Å². The van der Waals surface area contributed by atoms with Crippen LogP contribution >= 0.6 is 0 Å². The molecule has 0 bridgehead atoms. The second-order valence-electron chi connectivity index (χ2n) is 5.79. The van der Waals surface area contributed by atoms with Crippen molar-refractivity contribution in [2.75, 3.05) is 20.2 Å². The molecule has 3 heteroatoms. The summed E-state index contributed by atoms with van der Waals surface area (Å²) >= 11 is 0. The Hall–Kier alpha value is -1.53. The maximum atomic E-state index is 8.75. The summed E-state index contributed by atoms with van der Waals surface area (Å²) in [6.45, 7) is 4.02. The van der Waals surface area contributed by atoms with Gasteiger partial charge in [0.15, 0.2) is 0 Å². The van der Waals surface area contributed by atoms with Gasteiger partial charge in [-0.25, -0.2) is 0 Å². The molecule has 0 aliphatic heterocycles. The topological polar surface area (TPSA) is 36.3 Å². The molecule has 1 aliphatic rings. The third-order valence-electron chi connectivity index (χ3n) is 4.33. The fourth-order valence-electron chi connectivity index (χ4n) is 3.05. The van der Waals surface area contributed by atoms with Crippen molar-refractivity contribution in [2.24, 2.45) is 5.92 Å². The molecule has 1 fully saturated rings. The summed E-state index contributed by atoms with van der Waals surface area (Å²) in [5.74, 6) is 1.64. The molecular formula is C17H24N2O. The van der Waals surface area contributed by atoms with Crippen LogP contribution in [0.1, 0.15) is 38.2 Å². The van der Waals surface area contributed by atoms with Gasteiger partial charge in [-0.1, -0.05) is 19.8 Å². The standard InChI is InChI=1S/C17H24N2O/c1-14-5-3-4-6-17(14)19(2)11-12-20-16-9-7-15(13-18)8-10-16/h7-10,14,17H,3-6,11-12H2,1-2H3. The summed E-state index contributed by atoms with van der Waals surface area (Å²) < 4.78 is 5.75. The van der Waals surface area contributed by atoms with Crippen LogP contribution in [-0.2, 0) is 0 Å². The highest BCUT2D eigenvalue weighted by Gasteiger charge is 2.24. The highest BCUT2D eigenvalue weighted by Crippen LogP contribution is 2.27. The van der Waals surface area contributed by atoms with E-state index in [4.69, 9.17) is 10.00 Å². The van der Waals surface area contributed by atoms with Crippen molar-refractivity contribution in [1.29, 1.82) is 5.26 Å². The Morgan fingerprint density at radius 2 is 1.95 bits per heavy atom. The molecule has 1 aromatic carbocycles. The lowest BCUT2D eigenvalue weighted by molar-refractivity contribution is 0.120. The van der Waals surface area contributed by atoms with Gasteiger partial charge in [-0.15, -0.1) is 0 Å². The molecule has 1 aliphatic carbocycles. The van der Waals surface area contributed by atoms with E-state index in [1.54, 1.807) is 12.1 Å². The quantitative estimate of drug-likeness (QED) is 0.823. The van der Waals surface area contributed by atoms with Crippen molar-refractivity contribution < 1.29 is 4.74 Å². The van der Waals surface area contributed by atoms with E-state index < -0.39 is 0 Å². The van der Waals surface area contributed by atoms with E-state index in [0.717, 1.165) is 18.2 Å². The molecular weight excluding hydrogens is 248 g/mol. The minimum Gasteiger partial charge on any atom is -0.492 e. The Morgan fingerprint density at radius 3 is 2.60 bits per heavy atom. The molecule has 0 saturated heterocycles. The molecule has 2 unspecified atom stereocenters. The van der Waals surface area contributed by atoms with Gasteiger partial charge < -0.3 is 4.74 Å². The van der Waals surface area contributed by atoms with Gasteiger partial charge in [-0.05, 0) is 50.1 Å². The van der Waals surface area contributed by atoms with Crippen LogP contribution in [0.4, 0.5) is 0 Å². The smallest absolute Gasteiger partial charge is 0.119 e. The molecule has 0 heterocycles. The lowest BCUT2D eigenvalue weighted by atomic mass is 9.85. The molecule has 0 spiro atoms. The van der Waals surface area contributed by atoms with Crippen molar-refractivity contribution in [2.45, 2.75) is 38.6 Å². The van der Waals surface area contributed by atoms with E-state index in [1.165, 1.54) is 25.7 Å². The van der Waals surface area contributed by atoms with Crippen LogP contribution in [0.25, 0.3) is 0 Å². The molecule has 0 radical (unpaired) electrons. The Morgan fingerprint density at radius 1 is 1.25 bits per heavy atom. The lowest BCUT2D eigenvalue weighted by Crippen LogP contribution is -2.40. The highest BCUT2D eigenvalue weighted by molar-refractivity contribution is 5.34. The van der Waals surface area contributed by atoms with Crippen LogP contribution in [0.3, 0.4) is 0 Å². The molecule has 0 amide bonds. The second kappa shape index (κ2) is 7.31. The monoisotopic (exact) mass is 272 g/mol. The molecule has 2 rings (SSSR count). The first kappa shape index (κ1) is 14.9. The van der Waals surface area contributed by atoms with Crippen molar-refractivity contribution >= 4 is 0 Å².